The largest absolute Gasteiger partial charge is 0.437 e. The molecule has 0 saturated heterocycles. The maximum absolute atomic E-state index is 6.31. The van der Waals surface area contributed by atoms with E-state index in [1.54, 1.807) is 0 Å². The number of anilines is 3. The monoisotopic (exact) mass is 538 g/mol. The molecule has 198 valence electrons. The van der Waals surface area contributed by atoms with Gasteiger partial charge >= 0.3 is 0 Å². The van der Waals surface area contributed by atoms with E-state index in [4.69, 9.17) is 9.40 Å². The molecule has 0 bridgehead atoms. The minimum Gasteiger partial charge on any atom is -0.437 e. The number of fused-ring (bicyclic) bond motifs is 5. The summed E-state index contributed by atoms with van der Waals surface area (Å²) in [7, 11) is 0. The van der Waals surface area contributed by atoms with Gasteiger partial charge in [-0.3, -0.25) is 0 Å². The maximum Gasteiger partial charge on any atom is 0.227 e. The van der Waals surface area contributed by atoms with Crippen LogP contribution in [0.25, 0.3) is 55.1 Å². The van der Waals surface area contributed by atoms with Crippen molar-refractivity contribution in [3.63, 3.8) is 0 Å². The summed E-state index contributed by atoms with van der Waals surface area (Å²) >= 11 is 0. The van der Waals surface area contributed by atoms with Gasteiger partial charge in [0.15, 0.2) is 0 Å². The summed E-state index contributed by atoms with van der Waals surface area (Å²) in [6, 6.07) is 53.2. The van der Waals surface area contributed by atoms with E-state index >= 15 is 0 Å². The van der Waals surface area contributed by atoms with Gasteiger partial charge < -0.3 is 9.32 Å². The van der Waals surface area contributed by atoms with Gasteiger partial charge in [-0.2, -0.15) is 0 Å². The van der Waals surface area contributed by atoms with Crippen LogP contribution in [0.4, 0.5) is 17.1 Å². The molecule has 0 atom stereocenters. The molecule has 8 aromatic rings. The van der Waals surface area contributed by atoms with E-state index in [0.717, 1.165) is 44.2 Å². The van der Waals surface area contributed by atoms with Crippen LogP contribution < -0.4 is 4.90 Å². The van der Waals surface area contributed by atoms with Crippen molar-refractivity contribution in [3.05, 3.63) is 158 Å². The number of hydrogen-bond donors (Lipinski definition) is 0. The Bertz CT molecular complexity index is 2080. The van der Waals surface area contributed by atoms with Gasteiger partial charge in [0.2, 0.25) is 5.71 Å². The number of aromatic nitrogens is 1. The molecule has 0 saturated carbocycles. The van der Waals surface area contributed by atoms with Crippen molar-refractivity contribution in [2.24, 2.45) is 0 Å². The van der Waals surface area contributed by atoms with Crippen molar-refractivity contribution in [2.75, 3.05) is 4.90 Å². The topological polar surface area (TPSA) is 29.3 Å². The molecule has 0 aliphatic carbocycles. The predicted molar refractivity (Wildman–Crippen MR) is 175 cm³/mol. The lowest BCUT2D eigenvalue weighted by atomic mass is 10.0. The second-order valence-corrected chi connectivity index (χ2v) is 10.5. The third-order valence-corrected chi connectivity index (χ3v) is 7.93. The van der Waals surface area contributed by atoms with Crippen LogP contribution in [0.3, 0.4) is 0 Å². The Labute approximate surface area is 243 Å². The lowest BCUT2D eigenvalue weighted by Gasteiger charge is -2.25. The van der Waals surface area contributed by atoms with Crippen LogP contribution in [0.15, 0.2) is 162 Å². The Morgan fingerprint density at radius 2 is 0.976 bits per heavy atom. The second-order valence-electron chi connectivity index (χ2n) is 10.5. The Hall–Kier alpha value is -5.67. The van der Waals surface area contributed by atoms with E-state index < -0.39 is 0 Å². The molecular weight excluding hydrogens is 512 g/mol. The van der Waals surface area contributed by atoms with Crippen molar-refractivity contribution >= 4 is 49.9 Å². The number of benzene rings is 6. The molecule has 0 spiro atoms. The Morgan fingerprint density at radius 3 is 1.60 bits per heavy atom. The van der Waals surface area contributed by atoms with Gasteiger partial charge in [-0.25, -0.2) is 4.98 Å². The summed E-state index contributed by atoms with van der Waals surface area (Å²) in [5.41, 5.74) is 9.36. The van der Waals surface area contributed by atoms with E-state index in [1.165, 1.54) is 22.3 Å². The van der Waals surface area contributed by atoms with Crippen molar-refractivity contribution in [1.82, 2.24) is 4.98 Å². The van der Waals surface area contributed by atoms with Crippen molar-refractivity contribution in [2.45, 2.75) is 0 Å². The van der Waals surface area contributed by atoms with E-state index in [1.807, 2.05) is 24.4 Å². The molecular formula is C39H26N2O. The summed E-state index contributed by atoms with van der Waals surface area (Å²) < 4.78 is 6.31. The first-order valence-electron chi connectivity index (χ1n) is 14.1. The van der Waals surface area contributed by atoms with E-state index in [-0.39, 0.29) is 0 Å². The molecule has 2 heterocycles. The van der Waals surface area contributed by atoms with Crippen LogP contribution in [-0.4, -0.2) is 4.98 Å². The van der Waals surface area contributed by atoms with E-state index in [2.05, 4.69) is 138 Å². The molecule has 3 heteroatoms. The molecule has 3 nitrogen and oxygen atoms in total. The summed E-state index contributed by atoms with van der Waals surface area (Å²) in [6.07, 6.45) is 1.91. The van der Waals surface area contributed by atoms with Crippen LogP contribution in [0.5, 0.6) is 0 Å². The van der Waals surface area contributed by atoms with E-state index in [9.17, 15) is 0 Å². The Morgan fingerprint density at radius 1 is 0.429 bits per heavy atom. The summed E-state index contributed by atoms with van der Waals surface area (Å²) in [6.45, 7) is 0. The molecule has 42 heavy (non-hydrogen) atoms. The maximum atomic E-state index is 6.31. The zero-order valence-corrected chi connectivity index (χ0v) is 22.8. The number of hydrogen-bond acceptors (Lipinski definition) is 3. The van der Waals surface area contributed by atoms with Crippen LogP contribution in [0.1, 0.15) is 0 Å². The number of rotatable bonds is 5. The fraction of sp³-hybridized carbons (Fsp3) is 0. The molecule has 0 radical (unpaired) electrons. The molecule has 6 aromatic carbocycles. The van der Waals surface area contributed by atoms with Gasteiger partial charge in [0.25, 0.3) is 0 Å². The molecule has 0 amide bonds. The highest BCUT2D eigenvalue weighted by atomic mass is 16.3. The number of pyridine rings is 1. The molecule has 0 fully saturated rings. The standard InChI is InChI=1S/C39H26N2O/c1-3-9-27(10-4-1)29-15-20-32(21-16-29)41(33-22-17-30(18-23-33)28-11-5-2-6-12-28)34-25-37-36-24-19-31-13-7-8-14-35(31)38(36)42-39(37)40-26-34/h1-26H. The zero-order chi connectivity index (χ0) is 27.9. The molecule has 0 N–H and O–H groups in total. The number of furan rings is 1. The normalized spacial score (nSPS) is 11.3. The average molecular weight is 539 g/mol. The number of nitrogens with zero attached hydrogens (tertiary/aromatic N) is 2. The molecule has 0 aliphatic heterocycles. The average Bonchev–Trinajstić information content (AvgIpc) is 3.45. The van der Waals surface area contributed by atoms with Crippen LogP contribution in [-0.2, 0) is 0 Å². The Balaban J connectivity index is 1.27. The van der Waals surface area contributed by atoms with Gasteiger partial charge in [-0.05, 0) is 64.0 Å². The highest BCUT2D eigenvalue weighted by Crippen LogP contribution is 2.40. The molecule has 0 unspecified atom stereocenters. The quantitative estimate of drug-likeness (QED) is 0.218. The zero-order valence-electron chi connectivity index (χ0n) is 22.8. The predicted octanol–water partition coefficient (Wildman–Crippen LogP) is 10.9. The highest BCUT2D eigenvalue weighted by molar-refractivity contribution is 6.14. The van der Waals surface area contributed by atoms with Gasteiger partial charge in [-0.1, -0.05) is 115 Å². The van der Waals surface area contributed by atoms with Gasteiger partial charge in [-0.15, -0.1) is 0 Å². The molecule has 2 aromatic heterocycles. The lowest BCUT2D eigenvalue weighted by molar-refractivity contribution is 0.657. The van der Waals surface area contributed by atoms with Crippen LogP contribution >= 0.6 is 0 Å². The summed E-state index contributed by atoms with van der Waals surface area (Å²) in [5.74, 6) is 0. The third-order valence-electron chi connectivity index (χ3n) is 7.93. The van der Waals surface area contributed by atoms with Gasteiger partial charge in [0.05, 0.1) is 17.3 Å². The van der Waals surface area contributed by atoms with Crippen molar-refractivity contribution in [1.29, 1.82) is 0 Å². The smallest absolute Gasteiger partial charge is 0.227 e. The van der Waals surface area contributed by atoms with Crippen molar-refractivity contribution in [3.8, 4) is 22.3 Å². The minimum absolute atomic E-state index is 0.643. The first-order valence-corrected chi connectivity index (χ1v) is 14.1. The first kappa shape index (κ1) is 24.2. The molecule has 0 aliphatic rings. The summed E-state index contributed by atoms with van der Waals surface area (Å²) in [4.78, 5) is 7.08. The van der Waals surface area contributed by atoms with Gasteiger partial charge in [0.1, 0.15) is 5.58 Å². The van der Waals surface area contributed by atoms with Gasteiger partial charge in [0, 0.05) is 22.1 Å². The fourth-order valence-electron chi connectivity index (χ4n) is 5.81. The first-order chi connectivity index (χ1) is 20.8. The van der Waals surface area contributed by atoms with Crippen molar-refractivity contribution < 1.29 is 4.42 Å². The highest BCUT2D eigenvalue weighted by Gasteiger charge is 2.17. The Kier molecular flexibility index (Phi) is 5.79. The SMILES string of the molecule is c1ccc(-c2ccc(N(c3ccc(-c4ccccc4)cc3)c3cnc4oc5c6ccccc6ccc5c4c3)cc2)cc1. The summed E-state index contributed by atoms with van der Waals surface area (Å²) in [5, 5.41) is 4.32. The van der Waals surface area contributed by atoms with E-state index in [0.29, 0.717) is 5.71 Å². The molecule has 8 rings (SSSR count). The minimum atomic E-state index is 0.643. The fourth-order valence-corrected chi connectivity index (χ4v) is 5.81. The van der Waals surface area contributed by atoms with Crippen LogP contribution in [0, 0.1) is 0 Å². The lowest BCUT2D eigenvalue weighted by Crippen LogP contribution is -2.10. The second kappa shape index (κ2) is 10.1. The third kappa shape index (κ3) is 4.20. The van der Waals surface area contributed by atoms with Crippen LogP contribution in [0.2, 0.25) is 0 Å².